The number of ether oxygens (including phenoxy) is 1. The van der Waals surface area contributed by atoms with Gasteiger partial charge in [-0.3, -0.25) is 0 Å². The molecule has 1 heterocycles. The largest absolute Gasteiger partial charge is 0.363 e. The lowest BCUT2D eigenvalue weighted by Crippen LogP contribution is -2.57. The van der Waals surface area contributed by atoms with Crippen molar-refractivity contribution < 1.29 is 4.74 Å². The zero-order chi connectivity index (χ0) is 23.6. The molecule has 0 aromatic heterocycles. The Morgan fingerprint density at radius 2 is 1.76 bits per heavy atom. The van der Waals surface area contributed by atoms with Crippen molar-refractivity contribution in [2.75, 3.05) is 12.4 Å². The topological polar surface area (TPSA) is 9.23 Å². The van der Waals surface area contributed by atoms with Gasteiger partial charge in [0, 0.05) is 11.2 Å². The lowest BCUT2D eigenvalue weighted by atomic mass is 9.44. The molecule has 5 aliphatic rings. The standard InChI is InChI=1S/C31H52OS/c1-21(2)9-8-10-22(3)24-12-13-25-23-11-14-27-28(4,5)31(32-19-20-33-31)18-17-30(27,7)26(23)15-16-29(24,25)6/h14,21-26H,8-13,15-20H2,1-7H3/t22-,23-,24+,25-,26-,29+,30+,31-/m0/s1. The van der Waals surface area contributed by atoms with Gasteiger partial charge in [-0.15, -0.1) is 11.8 Å². The van der Waals surface area contributed by atoms with Crippen LogP contribution in [0.5, 0.6) is 0 Å². The predicted molar refractivity (Wildman–Crippen MR) is 143 cm³/mol. The average Bonchev–Trinajstić information content (AvgIpc) is 3.36. The number of thioether (sulfide) groups is 1. The SMILES string of the molecule is CC(C)CCC[C@H](C)[C@H]1CC[C@H]2[C@@H]3CC=C4C(C)(C)[C@@]5(CC[C@]4(C)[C@H]3CC[C@]12C)OCCS5. The van der Waals surface area contributed by atoms with Gasteiger partial charge in [-0.05, 0) is 91.3 Å². The minimum atomic E-state index is 0.0399. The molecule has 1 nitrogen and oxygen atoms in total. The van der Waals surface area contributed by atoms with Gasteiger partial charge >= 0.3 is 0 Å². The van der Waals surface area contributed by atoms with Crippen LogP contribution in [-0.4, -0.2) is 17.3 Å². The van der Waals surface area contributed by atoms with Gasteiger partial charge in [0.25, 0.3) is 0 Å². The smallest absolute Gasteiger partial charge is 0.122 e. The van der Waals surface area contributed by atoms with E-state index in [-0.39, 0.29) is 10.3 Å². The van der Waals surface area contributed by atoms with Crippen LogP contribution >= 0.6 is 11.8 Å². The molecule has 5 rings (SSSR count). The molecule has 1 saturated heterocycles. The van der Waals surface area contributed by atoms with E-state index in [1.807, 2.05) is 0 Å². The van der Waals surface area contributed by atoms with Crippen LogP contribution in [0, 0.1) is 51.8 Å². The fourth-order valence-electron chi connectivity index (χ4n) is 10.3. The van der Waals surface area contributed by atoms with Crippen molar-refractivity contribution in [2.45, 2.75) is 118 Å². The van der Waals surface area contributed by atoms with Gasteiger partial charge in [-0.2, -0.15) is 0 Å². The van der Waals surface area contributed by atoms with Crippen molar-refractivity contribution in [3.63, 3.8) is 0 Å². The molecule has 2 heteroatoms. The second-order valence-corrected chi connectivity index (χ2v) is 15.6. The molecule has 4 fully saturated rings. The van der Waals surface area contributed by atoms with Gasteiger partial charge in [-0.25, -0.2) is 0 Å². The van der Waals surface area contributed by atoms with Gasteiger partial charge < -0.3 is 4.74 Å². The molecule has 0 aromatic carbocycles. The summed E-state index contributed by atoms with van der Waals surface area (Å²) in [5.74, 6) is 6.68. The van der Waals surface area contributed by atoms with Crippen molar-refractivity contribution in [2.24, 2.45) is 51.8 Å². The summed E-state index contributed by atoms with van der Waals surface area (Å²) in [5.41, 5.74) is 2.93. The van der Waals surface area contributed by atoms with Crippen LogP contribution < -0.4 is 0 Å². The maximum absolute atomic E-state index is 6.52. The molecule has 0 amide bonds. The van der Waals surface area contributed by atoms with E-state index in [1.165, 1.54) is 70.0 Å². The minimum Gasteiger partial charge on any atom is -0.363 e. The Bertz CT molecular complexity index is 761. The predicted octanol–water partition coefficient (Wildman–Crippen LogP) is 9.12. The molecule has 3 saturated carbocycles. The summed E-state index contributed by atoms with van der Waals surface area (Å²) < 4.78 is 6.52. The number of rotatable bonds is 5. The zero-order valence-corrected chi connectivity index (χ0v) is 23.7. The minimum absolute atomic E-state index is 0.0399. The van der Waals surface area contributed by atoms with Crippen molar-refractivity contribution in [1.82, 2.24) is 0 Å². The first-order chi connectivity index (χ1) is 15.6. The van der Waals surface area contributed by atoms with E-state index in [1.54, 1.807) is 5.57 Å². The Morgan fingerprint density at radius 3 is 2.45 bits per heavy atom. The van der Waals surface area contributed by atoms with E-state index in [9.17, 15) is 0 Å². The third kappa shape index (κ3) is 3.65. The molecule has 8 atom stereocenters. The van der Waals surface area contributed by atoms with Gasteiger partial charge in [0.05, 0.1) is 6.61 Å². The lowest BCUT2D eigenvalue weighted by Gasteiger charge is -2.63. The lowest BCUT2D eigenvalue weighted by molar-refractivity contribution is -0.102. The zero-order valence-electron chi connectivity index (χ0n) is 22.8. The summed E-state index contributed by atoms with van der Waals surface area (Å²) in [5, 5.41) is 0. The number of allylic oxidation sites excluding steroid dienone is 1. The van der Waals surface area contributed by atoms with Crippen LogP contribution in [0.2, 0.25) is 0 Å². The molecular formula is C31H52OS. The Labute approximate surface area is 209 Å². The molecule has 0 bridgehead atoms. The highest BCUT2D eigenvalue weighted by Gasteiger charge is 2.64. The molecule has 0 unspecified atom stereocenters. The van der Waals surface area contributed by atoms with Gasteiger partial charge in [0.1, 0.15) is 4.93 Å². The molecule has 1 spiro atoms. The van der Waals surface area contributed by atoms with E-state index >= 15 is 0 Å². The summed E-state index contributed by atoms with van der Waals surface area (Å²) in [4.78, 5) is 0.0399. The Morgan fingerprint density at radius 1 is 0.970 bits per heavy atom. The van der Waals surface area contributed by atoms with Crippen molar-refractivity contribution in [1.29, 1.82) is 0 Å². The summed E-state index contributed by atoms with van der Waals surface area (Å²) in [6, 6.07) is 0. The Kier molecular flexibility index (Phi) is 6.42. The number of hydrogen-bond acceptors (Lipinski definition) is 2. The summed E-state index contributed by atoms with van der Waals surface area (Å²) >= 11 is 2.12. The fraction of sp³-hybridized carbons (Fsp3) is 0.935. The highest BCUT2D eigenvalue weighted by molar-refractivity contribution is 8.00. The third-order valence-corrected chi connectivity index (χ3v) is 13.7. The Hall–Kier alpha value is 0.0500. The number of fused-ring (bicyclic) bond motifs is 5. The quantitative estimate of drug-likeness (QED) is 0.369. The van der Waals surface area contributed by atoms with E-state index in [0.717, 1.165) is 42.1 Å². The van der Waals surface area contributed by atoms with Crippen LogP contribution in [0.4, 0.5) is 0 Å². The normalized spacial score (nSPS) is 47.2. The van der Waals surface area contributed by atoms with E-state index in [2.05, 4.69) is 66.3 Å². The first kappa shape index (κ1) is 24.7. The van der Waals surface area contributed by atoms with E-state index in [0.29, 0.717) is 10.8 Å². The third-order valence-electron chi connectivity index (χ3n) is 12.0. The summed E-state index contributed by atoms with van der Waals surface area (Å²) in [7, 11) is 0. The summed E-state index contributed by atoms with van der Waals surface area (Å²) in [6.07, 6.45) is 16.9. The molecule has 188 valence electrons. The van der Waals surface area contributed by atoms with Crippen LogP contribution in [0.25, 0.3) is 0 Å². The maximum atomic E-state index is 6.52. The van der Waals surface area contributed by atoms with Crippen molar-refractivity contribution in [3.05, 3.63) is 11.6 Å². The van der Waals surface area contributed by atoms with Crippen molar-refractivity contribution >= 4 is 11.8 Å². The second kappa shape index (κ2) is 8.57. The maximum Gasteiger partial charge on any atom is 0.122 e. The van der Waals surface area contributed by atoms with Crippen LogP contribution in [0.1, 0.15) is 113 Å². The molecule has 0 radical (unpaired) electrons. The highest BCUT2D eigenvalue weighted by Crippen LogP contribution is 2.71. The molecule has 0 aromatic rings. The molecule has 0 N–H and O–H groups in total. The van der Waals surface area contributed by atoms with Gasteiger partial charge in [0.2, 0.25) is 0 Å². The monoisotopic (exact) mass is 472 g/mol. The van der Waals surface area contributed by atoms with Gasteiger partial charge in [-0.1, -0.05) is 79.4 Å². The highest BCUT2D eigenvalue weighted by atomic mass is 32.2. The first-order valence-corrected chi connectivity index (χ1v) is 15.5. The fourth-order valence-corrected chi connectivity index (χ4v) is 11.7. The molecule has 4 aliphatic carbocycles. The van der Waals surface area contributed by atoms with E-state index in [4.69, 9.17) is 4.74 Å². The first-order valence-electron chi connectivity index (χ1n) is 14.5. The van der Waals surface area contributed by atoms with Crippen LogP contribution in [0.3, 0.4) is 0 Å². The summed E-state index contributed by atoms with van der Waals surface area (Å²) in [6.45, 7) is 18.8. The molecule has 33 heavy (non-hydrogen) atoms. The number of hydrogen-bond donors (Lipinski definition) is 0. The molecule has 1 aliphatic heterocycles. The van der Waals surface area contributed by atoms with Crippen molar-refractivity contribution in [3.8, 4) is 0 Å². The second-order valence-electron chi connectivity index (χ2n) is 14.3. The molecular weight excluding hydrogens is 420 g/mol. The van der Waals surface area contributed by atoms with Crippen LogP contribution in [0.15, 0.2) is 11.6 Å². The average molecular weight is 473 g/mol. The van der Waals surface area contributed by atoms with E-state index < -0.39 is 0 Å². The Balaban J connectivity index is 1.37. The van der Waals surface area contributed by atoms with Gasteiger partial charge in [0.15, 0.2) is 0 Å². The van der Waals surface area contributed by atoms with Crippen LogP contribution in [-0.2, 0) is 4.74 Å².